The van der Waals surface area contributed by atoms with E-state index in [4.69, 9.17) is 9.84 Å². The number of aliphatic carboxylic acids is 1. The van der Waals surface area contributed by atoms with Gasteiger partial charge in [0.15, 0.2) is 11.5 Å². The molecule has 0 aromatic heterocycles. The Kier molecular flexibility index (Phi) is 7.63. The molecule has 2 amide bonds. The number of carbonyl (C=O) groups is 2. The summed E-state index contributed by atoms with van der Waals surface area (Å²) in [5.41, 5.74) is 0.367. The average Bonchev–Trinajstić information content (AvgIpc) is 2.62. The van der Waals surface area contributed by atoms with Gasteiger partial charge in [-0.1, -0.05) is 12.1 Å². The molecule has 0 atom stereocenters. The molecule has 0 aliphatic heterocycles. The molecule has 1 saturated carbocycles. The zero-order valence-electron chi connectivity index (χ0n) is 15.0. The third kappa shape index (κ3) is 6.26. The Morgan fingerprint density at radius 3 is 2.56 bits per heavy atom. The lowest BCUT2D eigenvalue weighted by atomic mass is 9.86. The summed E-state index contributed by atoms with van der Waals surface area (Å²) < 4.78 is 35.3. The summed E-state index contributed by atoms with van der Waals surface area (Å²) >= 11 is 0. The van der Waals surface area contributed by atoms with Gasteiger partial charge in [0.25, 0.3) is 0 Å². The number of ether oxygens (including phenoxy) is 2. The molecule has 0 saturated heterocycles. The monoisotopic (exact) mass is 386 g/mol. The molecule has 150 valence electrons. The van der Waals surface area contributed by atoms with Gasteiger partial charge < -0.3 is 25.2 Å². The summed E-state index contributed by atoms with van der Waals surface area (Å²) in [6.07, 6.45) is 2.21. The lowest BCUT2D eigenvalue weighted by Gasteiger charge is -2.26. The van der Waals surface area contributed by atoms with Gasteiger partial charge >= 0.3 is 18.6 Å². The molecule has 0 unspecified atom stereocenters. The molecule has 1 aromatic rings. The maximum absolute atomic E-state index is 12.7. The second-order valence-corrected chi connectivity index (χ2v) is 6.27. The molecular formula is C18H24F2N2O5. The Bertz CT molecular complexity index is 649. The number of carboxylic acids is 1. The molecule has 27 heavy (non-hydrogen) atoms. The maximum atomic E-state index is 12.7. The van der Waals surface area contributed by atoms with Gasteiger partial charge in [-0.05, 0) is 38.7 Å². The van der Waals surface area contributed by atoms with Crippen molar-refractivity contribution >= 4 is 12.0 Å². The fourth-order valence-electron chi connectivity index (χ4n) is 3.09. The van der Waals surface area contributed by atoms with E-state index in [0.717, 1.165) is 0 Å². The molecule has 0 bridgehead atoms. The van der Waals surface area contributed by atoms with Crippen LogP contribution in [0, 0.1) is 5.92 Å². The molecule has 9 heteroatoms. The van der Waals surface area contributed by atoms with E-state index in [1.165, 1.54) is 6.07 Å². The van der Waals surface area contributed by atoms with Crippen molar-refractivity contribution in [1.29, 1.82) is 0 Å². The first-order chi connectivity index (χ1) is 12.9. The van der Waals surface area contributed by atoms with Crippen LogP contribution in [0.4, 0.5) is 13.6 Å². The van der Waals surface area contributed by atoms with E-state index in [0.29, 0.717) is 31.2 Å². The number of halogens is 2. The summed E-state index contributed by atoms with van der Waals surface area (Å²) in [4.78, 5) is 23.0. The molecule has 1 fully saturated rings. The van der Waals surface area contributed by atoms with Gasteiger partial charge in [-0.25, -0.2) is 4.79 Å². The van der Waals surface area contributed by atoms with Crippen LogP contribution in [0.3, 0.4) is 0 Å². The van der Waals surface area contributed by atoms with Gasteiger partial charge in [-0.2, -0.15) is 8.78 Å². The minimum atomic E-state index is -3.01. The van der Waals surface area contributed by atoms with Crippen LogP contribution < -0.4 is 20.1 Å². The first-order valence-electron chi connectivity index (χ1n) is 8.87. The van der Waals surface area contributed by atoms with Gasteiger partial charge in [-0.15, -0.1) is 0 Å². The minimum absolute atomic E-state index is 0.0146. The van der Waals surface area contributed by atoms with Crippen LogP contribution in [0.15, 0.2) is 18.2 Å². The van der Waals surface area contributed by atoms with Crippen LogP contribution in [0.1, 0.15) is 38.2 Å². The Labute approximate surface area is 156 Å². The number of hydrogen-bond donors (Lipinski definition) is 3. The largest absolute Gasteiger partial charge is 0.490 e. The molecule has 0 radical (unpaired) electrons. The van der Waals surface area contributed by atoms with Gasteiger partial charge in [0.1, 0.15) is 0 Å². The highest BCUT2D eigenvalue weighted by Crippen LogP contribution is 2.32. The van der Waals surface area contributed by atoms with Gasteiger partial charge in [0.2, 0.25) is 0 Å². The fourth-order valence-corrected chi connectivity index (χ4v) is 3.09. The van der Waals surface area contributed by atoms with E-state index in [1.54, 1.807) is 19.1 Å². The topological polar surface area (TPSA) is 96.9 Å². The molecule has 0 heterocycles. The van der Waals surface area contributed by atoms with Crippen molar-refractivity contribution in [2.75, 3.05) is 6.61 Å². The molecule has 1 aliphatic carbocycles. The first kappa shape index (κ1) is 20.7. The minimum Gasteiger partial charge on any atom is -0.490 e. The lowest BCUT2D eigenvalue weighted by Crippen LogP contribution is -2.43. The first-order valence-corrected chi connectivity index (χ1v) is 8.87. The van der Waals surface area contributed by atoms with Crippen LogP contribution in [0.5, 0.6) is 11.5 Å². The Morgan fingerprint density at radius 1 is 1.26 bits per heavy atom. The molecular weight excluding hydrogens is 362 g/mol. The number of para-hydroxylation sites is 1. The summed E-state index contributed by atoms with van der Waals surface area (Å²) in [6.45, 7) is -1.01. The second kappa shape index (κ2) is 9.94. The average molecular weight is 386 g/mol. The zero-order valence-corrected chi connectivity index (χ0v) is 15.0. The van der Waals surface area contributed by atoms with Crippen molar-refractivity contribution < 1.29 is 33.0 Å². The van der Waals surface area contributed by atoms with Crippen LogP contribution in [0.2, 0.25) is 0 Å². The second-order valence-electron chi connectivity index (χ2n) is 6.27. The van der Waals surface area contributed by atoms with Gasteiger partial charge in [0, 0.05) is 18.2 Å². The van der Waals surface area contributed by atoms with Crippen molar-refractivity contribution in [3.63, 3.8) is 0 Å². The van der Waals surface area contributed by atoms with Crippen molar-refractivity contribution in [2.45, 2.75) is 51.8 Å². The van der Waals surface area contributed by atoms with E-state index in [2.05, 4.69) is 15.4 Å². The highest BCUT2D eigenvalue weighted by Gasteiger charge is 2.26. The normalized spacial score (nSPS) is 19.4. The number of carbonyl (C=O) groups excluding carboxylic acids is 1. The van der Waals surface area contributed by atoms with E-state index in [1.807, 2.05) is 0 Å². The predicted octanol–water partition coefficient (Wildman–Crippen LogP) is 3.13. The maximum Gasteiger partial charge on any atom is 0.387 e. The summed E-state index contributed by atoms with van der Waals surface area (Å²) in [6, 6.07) is 4.17. The summed E-state index contributed by atoms with van der Waals surface area (Å²) in [5, 5.41) is 14.4. The molecule has 1 aliphatic rings. The van der Waals surface area contributed by atoms with Crippen LogP contribution >= 0.6 is 0 Å². The number of urea groups is 1. The Morgan fingerprint density at radius 2 is 1.96 bits per heavy atom. The molecule has 1 aromatic carbocycles. The smallest absolute Gasteiger partial charge is 0.387 e. The Balaban J connectivity index is 1.91. The quantitative estimate of drug-likeness (QED) is 0.638. The Hall–Kier alpha value is -2.58. The van der Waals surface area contributed by atoms with E-state index >= 15 is 0 Å². The third-order valence-corrected chi connectivity index (χ3v) is 4.42. The highest BCUT2D eigenvalue weighted by atomic mass is 19.3. The van der Waals surface area contributed by atoms with E-state index in [9.17, 15) is 18.4 Å². The number of benzene rings is 1. The van der Waals surface area contributed by atoms with Gasteiger partial charge in [-0.3, -0.25) is 4.79 Å². The molecule has 0 spiro atoms. The number of carboxylic acid groups (broad SMARTS) is 1. The van der Waals surface area contributed by atoms with E-state index < -0.39 is 18.6 Å². The number of nitrogens with one attached hydrogen (secondary N) is 2. The van der Waals surface area contributed by atoms with Crippen molar-refractivity contribution in [2.24, 2.45) is 5.92 Å². The SMILES string of the molecule is CCOc1cccc(CNC(=O)NC2CCC(C(=O)O)CC2)c1OC(F)F. The zero-order chi connectivity index (χ0) is 19.8. The number of hydrogen-bond acceptors (Lipinski definition) is 4. The highest BCUT2D eigenvalue weighted by molar-refractivity contribution is 5.74. The lowest BCUT2D eigenvalue weighted by molar-refractivity contribution is -0.142. The van der Waals surface area contributed by atoms with Crippen molar-refractivity contribution in [3.05, 3.63) is 23.8 Å². The van der Waals surface area contributed by atoms with Crippen LogP contribution in [0.25, 0.3) is 0 Å². The predicted molar refractivity (Wildman–Crippen MR) is 93.0 cm³/mol. The number of rotatable bonds is 8. The summed E-state index contributed by atoms with van der Waals surface area (Å²) in [7, 11) is 0. The number of alkyl halides is 2. The third-order valence-electron chi connectivity index (χ3n) is 4.42. The number of amides is 2. The molecule has 2 rings (SSSR count). The van der Waals surface area contributed by atoms with Crippen molar-refractivity contribution in [1.82, 2.24) is 10.6 Å². The molecule has 7 nitrogen and oxygen atoms in total. The standard InChI is InChI=1S/C18H24F2N2O5/c1-2-26-14-5-3-4-12(15(14)27-17(19)20)10-21-18(25)22-13-8-6-11(7-9-13)16(23)24/h3-5,11,13,17H,2,6-10H2,1H3,(H,23,24)(H2,21,22,25). The molecule has 3 N–H and O–H groups in total. The van der Waals surface area contributed by atoms with Crippen LogP contribution in [-0.4, -0.2) is 36.4 Å². The summed E-state index contributed by atoms with van der Waals surface area (Å²) in [5.74, 6) is -1.08. The van der Waals surface area contributed by atoms with Crippen molar-refractivity contribution in [3.8, 4) is 11.5 Å². The van der Waals surface area contributed by atoms with E-state index in [-0.39, 0.29) is 36.6 Å². The van der Waals surface area contributed by atoms with Crippen LogP contribution in [-0.2, 0) is 11.3 Å². The fraction of sp³-hybridized carbons (Fsp3) is 0.556. The van der Waals surface area contributed by atoms with Gasteiger partial charge in [0.05, 0.1) is 12.5 Å².